The van der Waals surface area contributed by atoms with Gasteiger partial charge in [-0.2, -0.15) is 0 Å². The molecule has 10 nitrogen and oxygen atoms in total. The predicted molar refractivity (Wildman–Crippen MR) is 160 cm³/mol. The number of carbonyl (C=O) groups excluding carboxylic acids is 2. The van der Waals surface area contributed by atoms with Gasteiger partial charge in [0.15, 0.2) is 0 Å². The summed E-state index contributed by atoms with van der Waals surface area (Å²) in [6.07, 6.45) is 18.3. The Kier molecular flexibility index (Phi) is 16.0. The Labute approximate surface area is 243 Å². The summed E-state index contributed by atoms with van der Waals surface area (Å²) in [4.78, 5) is 26.6. The highest BCUT2D eigenvalue weighted by atomic mass is 28.4. The number of fused-ring (bicyclic) bond motifs is 10. The van der Waals surface area contributed by atoms with Gasteiger partial charge in [-0.3, -0.25) is 9.59 Å². The molecule has 0 aromatic carbocycles. The summed E-state index contributed by atoms with van der Waals surface area (Å²) in [5, 5.41) is 5.68. The fourth-order valence-electron chi connectivity index (χ4n) is 6.21. The maximum Gasteiger partial charge on any atom is 0.501 e. The van der Waals surface area contributed by atoms with Crippen LogP contribution in [0.5, 0.6) is 0 Å². The Morgan fingerprint density at radius 3 is 1.60 bits per heavy atom. The average molecular weight is 584 g/mol. The van der Waals surface area contributed by atoms with Gasteiger partial charge < -0.3 is 40.3 Å². The van der Waals surface area contributed by atoms with E-state index in [0.717, 1.165) is 44.7 Å². The summed E-state index contributed by atoms with van der Waals surface area (Å²) >= 11 is 0. The molecule has 11 heteroatoms. The molecular weight excluding hydrogens is 526 g/mol. The Morgan fingerprint density at radius 1 is 0.675 bits per heavy atom. The monoisotopic (exact) mass is 583 g/mol. The number of carbonyl (C=O) groups is 2. The van der Waals surface area contributed by atoms with Crippen LogP contribution in [-0.4, -0.2) is 89.6 Å². The normalized spacial score (nSPS) is 28.0. The van der Waals surface area contributed by atoms with E-state index in [9.17, 15) is 9.59 Å². The molecule has 1 saturated carbocycles. The van der Waals surface area contributed by atoms with Gasteiger partial charge in [0.1, 0.15) is 0 Å². The maximum atomic E-state index is 12.2. The van der Waals surface area contributed by atoms with Crippen LogP contribution in [0.2, 0.25) is 6.04 Å². The van der Waals surface area contributed by atoms with Crippen molar-refractivity contribution < 1.29 is 22.9 Å². The number of rotatable bonds is 14. The van der Waals surface area contributed by atoms with Crippen LogP contribution in [0.25, 0.3) is 0 Å². The standard InChI is InChI=1S/C29H57N5O5Si/c30-15-17-32-28(35)13-20-34(21-14-29(36)33-18-16-31)19-10-22-40-37-25-11-8-6-4-2-1-3-5-7-9-12-26(38-40)24-27(23-25)39-40/h25-27H,1-24,30-31H2,(H,32,35)(H,33,36). The number of hydrogen-bond donors (Lipinski definition) is 4. The van der Waals surface area contributed by atoms with Gasteiger partial charge in [0, 0.05) is 58.2 Å². The minimum atomic E-state index is -2.78. The molecule has 4 aliphatic rings. The van der Waals surface area contributed by atoms with E-state index in [1.54, 1.807) is 0 Å². The molecule has 0 spiro atoms. The van der Waals surface area contributed by atoms with Gasteiger partial charge in [-0.05, 0) is 38.6 Å². The molecular formula is C29H57N5O5Si. The van der Waals surface area contributed by atoms with Crippen molar-refractivity contribution in [2.24, 2.45) is 11.5 Å². The first-order valence-electron chi connectivity index (χ1n) is 16.2. The number of hydrogen-bond acceptors (Lipinski definition) is 8. The Hall–Kier alpha value is -1.08. The second-order valence-corrected chi connectivity index (χ2v) is 14.4. The second kappa shape index (κ2) is 19.2. The fraction of sp³-hybridized carbons (Fsp3) is 0.931. The first kappa shape index (κ1) is 33.4. The van der Waals surface area contributed by atoms with Crippen molar-refractivity contribution in [1.82, 2.24) is 15.5 Å². The molecule has 40 heavy (non-hydrogen) atoms. The third kappa shape index (κ3) is 12.8. The van der Waals surface area contributed by atoms with Crippen LogP contribution in [0.3, 0.4) is 0 Å². The molecule has 232 valence electrons. The Balaban J connectivity index is 1.57. The summed E-state index contributed by atoms with van der Waals surface area (Å²) < 4.78 is 20.1. The molecule has 1 aliphatic carbocycles. The molecule has 4 fully saturated rings. The van der Waals surface area contributed by atoms with Crippen LogP contribution >= 0.6 is 0 Å². The van der Waals surface area contributed by atoms with Gasteiger partial charge in [-0.25, -0.2) is 0 Å². The van der Waals surface area contributed by atoms with Crippen molar-refractivity contribution in [1.29, 1.82) is 0 Å². The first-order chi connectivity index (χ1) is 19.5. The lowest BCUT2D eigenvalue weighted by Gasteiger charge is -2.48. The average Bonchev–Trinajstić information content (AvgIpc) is 2.93. The molecule has 2 atom stereocenters. The van der Waals surface area contributed by atoms with Gasteiger partial charge in [-0.15, -0.1) is 0 Å². The van der Waals surface area contributed by atoms with Crippen molar-refractivity contribution in [3.63, 3.8) is 0 Å². The van der Waals surface area contributed by atoms with Crippen LogP contribution in [0.4, 0.5) is 0 Å². The van der Waals surface area contributed by atoms with Crippen molar-refractivity contribution in [2.45, 2.75) is 127 Å². The van der Waals surface area contributed by atoms with Crippen LogP contribution in [0, 0.1) is 0 Å². The summed E-state index contributed by atoms with van der Waals surface area (Å²) in [6, 6.07) is 0.783. The van der Waals surface area contributed by atoms with E-state index in [1.807, 2.05) is 0 Å². The molecule has 0 aromatic heterocycles. The van der Waals surface area contributed by atoms with Crippen LogP contribution in [0.1, 0.15) is 103 Å². The van der Waals surface area contributed by atoms with Gasteiger partial charge in [-0.1, -0.05) is 57.8 Å². The smallest absolute Gasteiger partial charge is 0.370 e. The minimum absolute atomic E-state index is 0.0150. The molecule has 3 aliphatic heterocycles. The molecule has 3 saturated heterocycles. The SMILES string of the molecule is NCCNC(=O)CCN(CCC[Si]12OC3CCCCCCCCCCCC(CC(C3)O1)O2)CCC(=O)NCCN. The Bertz CT molecular complexity index is 685. The van der Waals surface area contributed by atoms with Crippen LogP contribution in [-0.2, 0) is 22.9 Å². The zero-order valence-corrected chi connectivity index (χ0v) is 25.8. The van der Waals surface area contributed by atoms with Crippen molar-refractivity contribution in [3.05, 3.63) is 0 Å². The molecule has 6 N–H and O–H groups in total. The minimum Gasteiger partial charge on any atom is -0.370 e. The van der Waals surface area contributed by atoms with E-state index in [0.29, 0.717) is 52.1 Å². The zero-order valence-electron chi connectivity index (χ0n) is 24.8. The van der Waals surface area contributed by atoms with E-state index in [2.05, 4.69) is 15.5 Å². The molecule has 2 unspecified atom stereocenters. The zero-order chi connectivity index (χ0) is 28.5. The molecule has 0 radical (unpaired) electrons. The molecule has 2 amide bonds. The summed E-state index contributed by atoms with van der Waals surface area (Å²) in [5.41, 5.74) is 11.0. The van der Waals surface area contributed by atoms with E-state index in [4.69, 9.17) is 24.7 Å². The molecule has 4 bridgehead atoms. The number of nitrogens with zero attached hydrogens (tertiary/aromatic N) is 1. The van der Waals surface area contributed by atoms with E-state index in [-0.39, 0.29) is 30.1 Å². The number of amides is 2. The lowest BCUT2D eigenvalue weighted by molar-refractivity contribution is -0.123. The number of nitrogens with two attached hydrogens (primary N) is 2. The third-order valence-electron chi connectivity index (χ3n) is 8.34. The third-order valence-corrected chi connectivity index (χ3v) is 11.4. The van der Waals surface area contributed by atoms with E-state index >= 15 is 0 Å². The van der Waals surface area contributed by atoms with Gasteiger partial charge in [0.25, 0.3) is 0 Å². The lowest BCUT2D eigenvalue weighted by Crippen LogP contribution is -2.61. The fourth-order valence-corrected chi connectivity index (χ4v) is 9.46. The van der Waals surface area contributed by atoms with Crippen molar-refractivity contribution in [2.75, 3.05) is 45.8 Å². The van der Waals surface area contributed by atoms with E-state index < -0.39 is 8.80 Å². The lowest BCUT2D eigenvalue weighted by atomic mass is 9.97. The molecule has 0 aromatic rings. The van der Waals surface area contributed by atoms with Crippen molar-refractivity contribution in [3.8, 4) is 0 Å². The largest absolute Gasteiger partial charge is 0.501 e. The first-order valence-corrected chi connectivity index (χ1v) is 18.1. The van der Waals surface area contributed by atoms with Gasteiger partial charge >= 0.3 is 8.80 Å². The van der Waals surface area contributed by atoms with Gasteiger partial charge in [0.2, 0.25) is 11.8 Å². The second-order valence-electron chi connectivity index (χ2n) is 11.9. The summed E-state index contributed by atoms with van der Waals surface area (Å²) in [5.74, 6) is -0.0301. The molecule has 4 rings (SSSR count). The quantitative estimate of drug-likeness (QED) is 0.229. The van der Waals surface area contributed by atoms with Crippen molar-refractivity contribution >= 4 is 20.6 Å². The van der Waals surface area contributed by atoms with Crippen LogP contribution in [0.15, 0.2) is 0 Å². The van der Waals surface area contributed by atoms with Gasteiger partial charge in [0.05, 0.1) is 18.3 Å². The Morgan fingerprint density at radius 2 is 1.12 bits per heavy atom. The number of nitrogens with one attached hydrogen (secondary N) is 2. The highest BCUT2D eigenvalue weighted by Gasteiger charge is 2.53. The summed E-state index contributed by atoms with van der Waals surface area (Å²) in [7, 11) is -2.78. The van der Waals surface area contributed by atoms with E-state index in [1.165, 1.54) is 57.8 Å². The molecule has 3 heterocycles. The highest BCUT2D eigenvalue weighted by Crippen LogP contribution is 2.39. The summed E-state index contributed by atoms with van der Waals surface area (Å²) in [6.45, 7) is 3.74. The highest BCUT2D eigenvalue weighted by molar-refractivity contribution is 6.61. The maximum absolute atomic E-state index is 12.2. The van der Waals surface area contributed by atoms with Crippen LogP contribution < -0.4 is 22.1 Å². The topological polar surface area (TPSA) is 141 Å². The predicted octanol–water partition coefficient (Wildman–Crippen LogP) is 2.82.